The van der Waals surface area contributed by atoms with E-state index in [-0.39, 0.29) is 11.3 Å². The Morgan fingerprint density at radius 3 is 2.64 bits per heavy atom. The molecule has 1 unspecified atom stereocenters. The molecule has 1 aliphatic rings. The molecule has 1 rings (SSSR count). The summed E-state index contributed by atoms with van der Waals surface area (Å²) in [4.78, 5) is 11.6. The maximum atomic E-state index is 11.6. The maximum Gasteiger partial charge on any atom is 0.139 e. The third-order valence-corrected chi connectivity index (χ3v) is 3.20. The second-order valence-corrected chi connectivity index (χ2v) is 4.72. The minimum Gasteiger partial charge on any atom is -0.299 e. The average molecular weight is 192 g/mol. The monoisotopic (exact) mass is 192 g/mol. The lowest BCUT2D eigenvalue weighted by Crippen LogP contribution is -2.31. The van der Waals surface area contributed by atoms with E-state index in [1.54, 1.807) is 0 Å². The molecule has 1 aliphatic carbocycles. The lowest BCUT2D eigenvalue weighted by Gasteiger charge is -2.36. The topological polar surface area (TPSA) is 17.1 Å². The molecule has 1 heteroatoms. The van der Waals surface area contributed by atoms with Crippen molar-refractivity contribution in [1.29, 1.82) is 0 Å². The van der Waals surface area contributed by atoms with Crippen molar-refractivity contribution in [2.75, 3.05) is 0 Å². The number of rotatable bonds is 1. The highest BCUT2D eigenvalue weighted by Crippen LogP contribution is 2.41. The van der Waals surface area contributed by atoms with E-state index in [1.807, 2.05) is 26.0 Å². The third-order valence-electron chi connectivity index (χ3n) is 3.20. The quantitative estimate of drug-likeness (QED) is 0.621. The first-order valence-electron chi connectivity index (χ1n) is 5.35. The van der Waals surface area contributed by atoms with Gasteiger partial charge in [-0.3, -0.25) is 4.79 Å². The maximum absolute atomic E-state index is 11.6. The summed E-state index contributed by atoms with van der Waals surface area (Å²) in [7, 11) is 0. The van der Waals surface area contributed by atoms with Crippen LogP contribution in [0.25, 0.3) is 0 Å². The highest BCUT2D eigenvalue weighted by atomic mass is 16.1. The van der Waals surface area contributed by atoms with Crippen molar-refractivity contribution < 1.29 is 4.79 Å². The summed E-state index contributed by atoms with van der Waals surface area (Å²) in [6.45, 7) is 8.48. The summed E-state index contributed by atoms with van der Waals surface area (Å²) in [6, 6.07) is 0. The van der Waals surface area contributed by atoms with Crippen molar-refractivity contribution in [3.63, 3.8) is 0 Å². The first-order valence-corrected chi connectivity index (χ1v) is 5.35. The fraction of sp³-hybridized carbons (Fsp3) is 0.615. The molecule has 0 amide bonds. The van der Waals surface area contributed by atoms with Gasteiger partial charge in [0, 0.05) is 12.3 Å². The molecule has 0 N–H and O–H groups in total. The normalized spacial score (nSPS) is 30.1. The van der Waals surface area contributed by atoms with E-state index in [0.717, 1.165) is 12.8 Å². The Morgan fingerprint density at radius 1 is 1.43 bits per heavy atom. The summed E-state index contributed by atoms with van der Waals surface area (Å²) >= 11 is 0. The molecule has 0 saturated heterocycles. The Bertz CT molecular complexity index is 282. The van der Waals surface area contributed by atoms with Gasteiger partial charge in [-0.05, 0) is 18.8 Å². The Morgan fingerprint density at radius 2 is 2.07 bits per heavy atom. The molecule has 1 saturated carbocycles. The molecule has 78 valence electrons. The van der Waals surface area contributed by atoms with Gasteiger partial charge in [-0.15, -0.1) is 0 Å². The molecule has 14 heavy (non-hydrogen) atoms. The van der Waals surface area contributed by atoms with E-state index >= 15 is 0 Å². The molecule has 1 atom stereocenters. The fourth-order valence-electron chi connectivity index (χ4n) is 2.13. The Labute approximate surface area is 86.9 Å². The van der Waals surface area contributed by atoms with Gasteiger partial charge in [-0.25, -0.2) is 0 Å². The second-order valence-electron chi connectivity index (χ2n) is 4.72. The van der Waals surface area contributed by atoms with Gasteiger partial charge in [0.1, 0.15) is 5.78 Å². The molecule has 0 spiro atoms. The first kappa shape index (κ1) is 11.2. The fourth-order valence-corrected chi connectivity index (χ4v) is 2.13. The SMILES string of the molecule is C/C=C/C=C1\C(C)C(=O)CCC1(C)C. The van der Waals surface area contributed by atoms with Crippen LogP contribution in [0.4, 0.5) is 0 Å². The van der Waals surface area contributed by atoms with E-state index in [9.17, 15) is 4.79 Å². The first-order chi connectivity index (χ1) is 6.49. The number of Topliss-reactive ketones (excluding diaryl/α,β-unsaturated/α-hetero) is 1. The number of hydrogen-bond acceptors (Lipinski definition) is 1. The van der Waals surface area contributed by atoms with Crippen LogP contribution < -0.4 is 0 Å². The summed E-state index contributed by atoms with van der Waals surface area (Å²) in [5, 5.41) is 0. The van der Waals surface area contributed by atoms with Crippen LogP contribution in [-0.2, 0) is 4.79 Å². The van der Waals surface area contributed by atoms with Crippen LogP contribution in [0.15, 0.2) is 23.8 Å². The Kier molecular flexibility index (Phi) is 3.30. The Balaban J connectivity index is 3.00. The van der Waals surface area contributed by atoms with Crippen molar-refractivity contribution in [1.82, 2.24) is 0 Å². The lowest BCUT2D eigenvalue weighted by molar-refractivity contribution is -0.123. The molecule has 0 bridgehead atoms. The van der Waals surface area contributed by atoms with Gasteiger partial charge in [0.25, 0.3) is 0 Å². The predicted octanol–water partition coefficient (Wildman–Crippen LogP) is 3.51. The highest BCUT2D eigenvalue weighted by molar-refractivity contribution is 5.85. The van der Waals surface area contributed by atoms with Crippen LogP contribution in [0.2, 0.25) is 0 Å². The molecular formula is C13H20O. The molecule has 0 aromatic rings. The number of carbonyl (C=O) groups is 1. The number of allylic oxidation sites excluding steroid dienone is 4. The van der Waals surface area contributed by atoms with Crippen LogP contribution in [0.1, 0.15) is 40.5 Å². The van der Waals surface area contributed by atoms with Gasteiger partial charge in [0.05, 0.1) is 0 Å². The number of hydrogen-bond donors (Lipinski definition) is 0. The van der Waals surface area contributed by atoms with Gasteiger partial charge in [0.2, 0.25) is 0 Å². The van der Waals surface area contributed by atoms with Crippen LogP contribution in [0.5, 0.6) is 0 Å². The number of ketones is 1. The van der Waals surface area contributed by atoms with Crippen molar-refractivity contribution in [3.8, 4) is 0 Å². The van der Waals surface area contributed by atoms with Crippen LogP contribution in [0.3, 0.4) is 0 Å². The van der Waals surface area contributed by atoms with Crippen LogP contribution in [-0.4, -0.2) is 5.78 Å². The van der Waals surface area contributed by atoms with Crippen molar-refractivity contribution >= 4 is 5.78 Å². The van der Waals surface area contributed by atoms with E-state index in [2.05, 4.69) is 19.9 Å². The largest absolute Gasteiger partial charge is 0.299 e. The average Bonchev–Trinajstić information content (AvgIpc) is 2.12. The molecule has 0 radical (unpaired) electrons. The minimum atomic E-state index is 0.106. The predicted molar refractivity (Wildman–Crippen MR) is 60.1 cm³/mol. The lowest BCUT2D eigenvalue weighted by atomic mass is 9.68. The molecule has 0 heterocycles. The molecule has 0 aliphatic heterocycles. The van der Waals surface area contributed by atoms with E-state index in [1.165, 1.54) is 5.57 Å². The smallest absolute Gasteiger partial charge is 0.139 e. The van der Waals surface area contributed by atoms with Gasteiger partial charge in [-0.1, -0.05) is 44.6 Å². The van der Waals surface area contributed by atoms with Crippen LogP contribution >= 0.6 is 0 Å². The van der Waals surface area contributed by atoms with Crippen molar-refractivity contribution in [2.45, 2.75) is 40.5 Å². The van der Waals surface area contributed by atoms with Crippen LogP contribution in [0, 0.1) is 11.3 Å². The Hall–Kier alpha value is -0.850. The second kappa shape index (κ2) is 4.12. The zero-order valence-corrected chi connectivity index (χ0v) is 9.63. The third kappa shape index (κ3) is 2.14. The molecule has 1 nitrogen and oxygen atoms in total. The summed E-state index contributed by atoms with van der Waals surface area (Å²) in [6.07, 6.45) is 7.88. The molecule has 0 aromatic carbocycles. The van der Waals surface area contributed by atoms with Gasteiger partial charge < -0.3 is 0 Å². The summed E-state index contributed by atoms with van der Waals surface area (Å²) in [5.41, 5.74) is 1.47. The van der Waals surface area contributed by atoms with Crippen molar-refractivity contribution in [3.05, 3.63) is 23.8 Å². The molecule has 0 aromatic heterocycles. The van der Waals surface area contributed by atoms with Gasteiger partial charge >= 0.3 is 0 Å². The van der Waals surface area contributed by atoms with E-state index < -0.39 is 0 Å². The summed E-state index contributed by atoms with van der Waals surface area (Å²) in [5.74, 6) is 0.495. The zero-order valence-electron chi connectivity index (χ0n) is 9.63. The summed E-state index contributed by atoms with van der Waals surface area (Å²) < 4.78 is 0. The van der Waals surface area contributed by atoms with Gasteiger partial charge in [-0.2, -0.15) is 0 Å². The molecular weight excluding hydrogens is 172 g/mol. The standard InChI is InChI=1S/C13H20O/c1-5-6-7-11-10(2)12(14)8-9-13(11,3)4/h5-7,10H,8-9H2,1-4H3/b6-5+,11-7+. The number of carbonyl (C=O) groups excluding carboxylic acids is 1. The van der Waals surface area contributed by atoms with E-state index in [4.69, 9.17) is 0 Å². The minimum absolute atomic E-state index is 0.106. The van der Waals surface area contributed by atoms with Crippen molar-refractivity contribution in [2.24, 2.45) is 11.3 Å². The van der Waals surface area contributed by atoms with Gasteiger partial charge in [0.15, 0.2) is 0 Å². The molecule has 1 fully saturated rings. The highest BCUT2D eigenvalue weighted by Gasteiger charge is 2.35. The zero-order chi connectivity index (χ0) is 10.8. The van der Waals surface area contributed by atoms with E-state index in [0.29, 0.717) is 5.78 Å².